The van der Waals surface area contributed by atoms with E-state index in [1.165, 1.54) is 32.1 Å². The zero-order chi connectivity index (χ0) is 9.03. The summed E-state index contributed by atoms with van der Waals surface area (Å²) in [5, 5.41) is 0. The maximum absolute atomic E-state index is 5.28. The highest BCUT2D eigenvalue weighted by Crippen LogP contribution is 2.56. The predicted octanol–water partition coefficient (Wildman–Crippen LogP) is 3.03. The molecular formula is C10H20OSi. The molecule has 0 bridgehead atoms. The van der Waals surface area contributed by atoms with Crippen LogP contribution in [0.15, 0.2) is 0 Å². The van der Waals surface area contributed by atoms with Crippen molar-refractivity contribution in [3.8, 4) is 0 Å². The Morgan fingerprint density at radius 3 is 2.58 bits per heavy atom. The Balaban J connectivity index is 2.43. The van der Waals surface area contributed by atoms with Gasteiger partial charge in [0.1, 0.15) is 0 Å². The van der Waals surface area contributed by atoms with Crippen LogP contribution in [0.25, 0.3) is 0 Å². The van der Waals surface area contributed by atoms with Gasteiger partial charge in [0.2, 0.25) is 9.76 Å². The molecule has 0 aromatic carbocycles. The molecule has 1 unspecified atom stereocenters. The minimum Gasteiger partial charge on any atom is -0.420 e. The van der Waals surface area contributed by atoms with Crippen LogP contribution in [0.2, 0.25) is 5.54 Å². The molecule has 0 N–H and O–H groups in total. The molecule has 70 valence electrons. The third-order valence-electron chi connectivity index (χ3n) is 3.38. The zero-order valence-corrected chi connectivity index (χ0v) is 9.52. The highest BCUT2D eigenvalue weighted by molar-refractivity contribution is 6.30. The molecule has 1 aliphatic rings. The van der Waals surface area contributed by atoms with E-state index >= 15 is 0 Å². The van der Waals surface area contributed by atoms with E-state index in [1.54, 1.807) is 0 Å². The molecule has 1 aliphatic carbocycles. The molecule has 0 aromatic heterocycles. The van der Waals surface area contributed by atoms with E-state index in [1.807, 2.05) is 7.11 Å². The average molecular weight is 184 g/mol. The van der Waals surface area contributed by atoms with Crippen LogP contribution in [-0.2, 0) is 4.43 Å². The molecular weight excluding hydrogens is 164 g/mol. The van der Waals surface area contributed by atoms with Gasteiger partial charge in [-0.05, 0) is 30.2 Å². The quantitative estimate of drug-likeness (QED) is 0.597. The standard InChI is InChI=1S/C10H20OSi/c1-4-7-10(5-2)8-6-9(10)12-11-3/h9H,4-8H2,1-3H3/t9?,10-/m0/s1. The van der Waals surface area contributed by atoms with Gasteiger partial charge in [0, 0.05) is 7.11 Å². The summed E-state index contributed by atoms with van der Waals surface area (Å²) in [5.74, 6) is 0. The Morgan fingerprint density at radius 2 is 2.25 bits per heavy atom. The lowest BCUT2D eigenvalue weighted by Gasteiger charge is -2.49. The van der Waals surface area contributed by atoms with E-state index in [4.69, 9.17) is 4.43 Å². The molecule has 1 saturated carbocycles. The summed E-state index contributed by atoms with van der Waals surface area (Å²) < 4.78 is 5.28. The van der Waals surface area contributed by atoms with Crippen molar-refractivity contribution >= 4 is 9.76 Å². The van der Waals surface area contributed by atoms with Crippen molar-refractivity contribution in [3.63, 3.8) is 0 Å². The van der Waals surface area contributed by atoms with Crippen molar-refractivity contribution in [1.82, 2.24) is 0 Å². The molecule has 1 rings (SSSR count). The molecule has 0 spiro atoms. The SMILES string of the molecule is CCC[C@@]1(CC)CCC1[Si]OC. The molecule has 0 amide bonds. The first kappa shape index (κ1) is 10.3. The van der Waals surface area contributed by atoms with Crippen molar-refractivity contribution in [2.24, 2.45) is 5.41 Å². The van der Waals surface area contributed by atoms with Crippen LogP contribution >= 0.6 is 0 Å². The molecule has 0 saturated heterocycles. The molecule has 2 atom stereocenters. The summed E-state index contributed by atoms with van der Waals surface area (Å²) in [6.45, 7) is 4.63. The molecule has 0 aromatic rings. The minimum absolute atomic E-state index is 0.670. The van der Waals surface area contributed by atoms with Crippen LogP contribution in [0.4, 0.5) is 0 Å². The fourth-order valence-corrected chi connectivity index (χ4v) is 3.71. The normalized spacial score (nSPS) is 34.8. The van der Waals surface area contributed by atoms with Crippen molar-refractivity contribution in [3.05, 3.63) is 0 Å². The summed E-state index contributed by atoms with van der Waals surface area (Å²) in [6.07, 6.45) is 6.93. The van der Waals surface area contributed by atoms with E-state index in [9.17, 15) is 0 Å². The summed E-state index contributed by atoms with van der Waals surface area (Å²) in [7, 11) is 2.58. The molecule has 1 nitrogen and oxygen atoms in total. The van der Waals surface area contributed by atoms with E-state index in [0.29, 0.717) is 5.41 Å². The third kappa shape index (κ3) is 1.74. The summed E-state index contributed by atoms with van der Waals surface area (Å²) in [6, 6.07) is 0. The fourth-order valence-electron chi connectivity index (χ4n) is 2.42. The van der Waals surface area contributed by atoms with Gasteiger partial charge in [-0.1, -0.05) is 26.7 Å². The number of hydrogen-bond donors (Lipinski definition) is 0. The van der Waals surface area contributed by atoms with Crippen molar-refractivity contribution < 1.29 is 4.43 Å². The van der Waals surface area contributed by atoms with E-state index < -0.39 is 0 Å². The first-order valence-corrected chi connectivity index (χ1v) is 6.06. The Kier molecular flexibility index (Phi) is 3.78. The molecule has 12 heavy (non-hydrogen) atoms. The monoisotopic (exact) mass is 184 g/mol. The van der Waals surface area contributed by atoms with Gasteiger partial charge in [0.15, 0.2) is 0 Å². The summed E-state index contributed by atoms with van der Waals surface area (Å²) in [5.41, 5.74) is 1.55. The lowest BCUT2D eigenvalue weighted by atomic mass is 9.64. The van der Waals surface area contributed by atoms with Crippen LogP contribution in [0.3, 0.4) is 0 Å². The first-order valence-electron chi connectivity index (χ1n) is 5.07. The lowest BCUT2D eigenvalue weighted by Crippen LogP contribution is -2.39. The van der Waals surface area contributed by atoms with Crippen molar-refractivity contribution in [2.75, 3.05) is 7.11 Å². The largest absolute Gasteiger partial charge is 0.420 e. The second kappa shape index (κ2) is 4.42. The van der Waals surface area contributed by atoms with Crippen molar-refractivity contribution in [1.29, 1.82) is 0 Å². The highest BCUT2D eigenvalue weighted by atomic mass is 28.2. The molecule has 0 aliphatic heterocycles. The number of hydrogen-bond acceptors (Lipinski definition) is 1. The zero-order valence-electron chi connectivity index (χ0n) is 8.52. The predicted molar refractivity (Wildman–Crippen MR) is 53.4 cm³/mol. The Bertz CT molecular complexity index is 134. The van der Waals surface area contributed by atoms with Gasteiger partial charge in [0.25, 0.3) is 0 Å². The Morgan fingerprint density at radius 1 is 1.50 bits per heavy atom. The third-order valence-corrected chi connectivity index (χ3v) is 4.80. The Labute approximate surface area is 78.8 Å². The van der Waals surface area contributed by atoms with E-state index in [-0.39, 0.29) is 0 Å². The van der Waals surface area contributed by atoms with E-state index in [2.05, 4.69) is 13.8 Å². The van der Waals surface area contributed by atoms with Gasteiger partial charge in [-0.15, -0.1) is 0 Å². The van der Waals surface area contributed by atoms with Crippen LogP contribution < -0.4 is 0 Å². The first-order chi connectivity index (χ1) is 5.79. The van der Waals surface area contributed by atoms with Gasteiger partial charge < -0.3 is 4.43 Å². The smallest absolute Gasteiger partial charge is 0.233 e. The van der Waals surface area contributed by atoms with Crippen LogP contribution in [0.1, 0.15) is 46.0 Å². The molecule has 0 heterocycles. The average Bonchev–Trinajstić information content (AvgIpc) is 2.08. The van der Waals surface area contributed by atoms with Gasteiger partial charge >= 0.3 is 0 Å². The van der Waals surface area contributed by atoms with Gasteiger partial charge in [-0.3, -0.25) is 0 Å². The van der Waals surface area contributed by atoms with Crippen LogP contribution in [0.5, 0.6) is 0 Å². The van der Waals surface area contributed by atoms with Crippen molar-refractivity contribution in [2.45, 2.75) is 51.5 Å². The summed E-state index contributed by atoms with van der Waals surface area (Å²) >= 11 is 0. The molecule has 2 radical (unpaired) electrons. The highest BCUT2D eigenvalue weighted by Gasteiger charge is 2.44. The maximum atomic E-state index is 5.28. The second-order valence-corrected chi connectivity index (χ2v) is 5.22. The molecule has 1 fully saturated rings. The van der Waals surface area contributed by atoms with E-state index in [0.717, 1.165) is 15.3 Å². The summed E-state index contributed by atoms with van der Waals surface area (Å²) in [4.78, 5) is 0. The lowest BCUT2D eigenvalue weighted by molar-refractivity contribution is 0.103. The number of rotatable bonds is 5. The van der Waals surface area contributed by atoms with Crippen LogP contribution in [0, 0.1) is 5.41 Å². The van der Waals surface area contributed by atoms with Gasteiger partial charge in [-0.25, -0.2) is 0 Å². The Hall–Kier alpha value is 0.177. The molecule has 2 heteroatoms. The van der Waals surface area contributed by atoms with Crippen LogP contribution in [-0.4, -0.2) is 16.9 Å². The topological polar surface area (TPSA) is 9.23 Å². The fraction of sp³-hybridized carbons (Fsp3) is 1.00. The maximum Gasteiger partial charge on any atom is 0.233 e. The second-order valence-electron chi connectivity index (χ2n) is 3.88. The van der Waals surface area contributed by atoms with Gasteiger partial charge in [0.05, 0.1) is 0 Å². The van der Waals surface area contributed by atoms with Gasteiger partial charge in [-0.2, -0.15) is 0 Å². The minimum atomic E-state index is 0.670.